The summed E-state index contributed by atoms with van der Waals surface area (Å²) >= 11 is 5.32. The third kappa shape index (κ3) is 6.36. The summed E-state index contributed by atoms with van der Waals surface area (Å²) in [6.07, 6.45) is 4.61. The van der Waals surface area contributed by atoms with E-state index in [1.54, 1.807) is 11.0 Å². The molecular weight excluding hydrogens is 406 g/mol. The smallest absolute Gasteiger partial charge is 0.308 e. The Morgan fingerprint density at radius 2 is 2.13 bits per heavy atom. The van der Waals surface area contributed by atoms with E-state index in [1.807, 2.05) is 30.3 Å². The highest BCUT2D eigenvalue weighted by Crippen LogP contribution is 2.14. The third-order valence-corrected chi connectivity index (χ3v) is 5.20. The van der Waals surface area contributed by atoms with Crippen LogP contribution in [-0.2, 0) is 23.9 Å². The molecule has 30 heavy (non-hydrogen) atoms. The number of amides is 2. The molecule has 2 aliphatic rings. The molecule has 2 saturated heterocycles. The maximum atomic E-state index is 12.3. The molecule has 8 nitrogen and oxygen atoms in total. The van der Waals surface area contributed by atoms with Crippen LogP contribution in [0.1, 0.15) is 24.8 Å². The van der Waals surface area contributed by atoms with Gasteiger partial charge >= 0.3 is 5.97 Å². The summed E-state index contributed by atoms with van der Waals surface area (Å²) in [5.41, 5.74) is 0.878. The van der Waals surface area contributed by atoms with Gasteiger partial charge in [-0.25, -0.2) is 0 Å². The van der Waals surface area contributed by atoms with Crippen molar-refractivity contribution in [1.29, 1.82) is 0 Å². The van der Waals surface area contributed by atoms with Gasteiger partial charge in [-0.1, -0.05) is 30.3 Å². The molecule has 0 aromatic heterocycles. The lowest BCUT2D eigenvalue weighted by atomic mass is 10.1. The Balaban J connectivity index is 1.54. The number of carbonyl (C=O) groups is 3. The highest BCUT2D eigenvalue weighted by molar-refractivity contribution is 7.80. The molecule has 2 aliphatic heterocycles. The fourth-order valence-corrected chi connectivity index (χ4v) is 3.61. The molecule has 1 aromatic rings. The Hall–Kier alpha value is -2.78. The van der Waals surface area contributed by atoms with Gasteiger partial charge in [-0.2, -0.15) is 0 Å². The minimum absolute atomic E-state index is 0.0815. The summed E-state index contributed by atoms with van der Waals surface area (Å²) < 4.78 is 10.7. The van der Waals surface area contributed by atoms with Crippen molar-refractivity contribution in [3.8, 4) is 0 Å². The predicted molar refractivity (Wildman–Crippen MR) is 114 cm³/mol. The summed E-state index contributed by atoms with van der Waals surface area (Å²) in [6.45, 7) is 1.61. The second-order valence-corrected chi connectivity index (χ2v) is 7.45. The minimum Gasteiger partial charge on any atom is -0.463 e. The van der Waals surface area contributed by atoms with Gasteiger partial charge < -0.3 is 19.7 Å². The Morgan fingerprint density at radius 3 is 2.87 bits per heavy atom. The van der Waals surface area contributed by atoms with Gasteiger partial charge in [0, 0.05) is 25.8 Å². The van der Waals surface area contributed by atoms with Crippen LogP contribution in [0.15, 0.2) is 36.4 Å². The van der Waals surface area contributed by atoms with Gasteiger partial charge in [-0.3, -0.25) is 19.7 Å². The molecule has 2 heterocycles. The van der Waals surface area contributed by atoms with Gasteiger partial charge in [0.1, 0.15) is 12.6 Å². The van der Waals surface area contributed by atoms with Gasteiger partial charge in [0.2, 0.25) is 11.8 Å². The Kier molecular flexibility index (Phi) is 7.92. The fraction of sp³-hybridized carbons (Fsp3) is 0.429. The first kappa shape index (κ1) is 21.9. The molecule has 3 rings (SSSR count). The molecule has 2 amide bonds. The van der Waals surface area contributed by atoms with Gasteiger partial charge in [0.05, 0.1) is 12.5 Å². The quantitative estimate of drug-likeness (QED) is 0.394. The fourth-order valence-electron chi connectivity index (χ4n) is 3.29. The monoisotopic (exact) mass is 431 g/mol. The van der Waals surface area contributed by atoms with E-state index in [9.17, 15) is 14.4 Å². The first-order valence-electron chi connectivity index (χ1n) is 9.92. The van der Waals surface area contributed by atoms with Crippen molar-refractivity contribution in [2.75, 3.05) is 26.3 Å². The average molecular weight is 432 g/mol. The van der Waals surface area contributed by atoms with Crippen LogP contribution >= 0.6 is 12.2 Å². The number of thiocarbonyl (C=S) groups is 1. The van der Waals surface area contributed by atoms with E-state index in [2.05, 4.69) is 10.6 Å². The van der Waals surface area contributed by atoms with E-state index in [-0.39, 0.29) is 30.2 Å². The number of nitrogens with one attached hydrogen (secondary N) is 2. The van der Waals surface area contributed by atoms with Crippen molar-refractivity contribution in [2.45, 2.75) is 31.4 Å². The van der Waals surface area contributed by atoms with Gasteiger partial charge in [-0.15, -0.1) is 0 Å². The number of benzene rings is 1. The molecule has 0 spiro atoms. The summed E-state index contributed by atoms with van der Waals surface area (Å²) in [5, 5.41) is 5.42. The van der Waals surface area contributed by atoms with Gasteiger partial charge in [-0.05, 0) is 36.7 Å². The predicted octanol–water partition coefficient (Wildman–Crippen LogP) is 1.01. The molecule has 0 bridgehead atoms. The van der Waals surface area contributed by atoms with Gasteiger partial charge in [0.15, 0.2) is 5.11 Å². The number of nitrogens with zero attached hydrogens (tertiary/aromatic N) is 1. The first-order valence-corrected chi connectivity index (χ1v) is 10.3. The molecule has 2 N–H and O–H groups in total. The number of esters is 1. The average Bonchev–Trinajstić information content (AvgIpc) is 3.26. The molecule has 2 unspecified atom stereocenters. The van der Waals surface area contributed by atoms with Crippen LogP contribution in [0.25, 0.3) is 6.08 Å². The van der Waals surface area contributed by atoms with Crippen molar-refractivity contribution >= 4 is 41.2 Å². The summed E-state index contributed by atoms with van der Waals surface area (Å²) in [6, 6.07) is 8.54. The lowest BCUT2D eigenvalue weighted by molar-refractivity contribution is -0.150. The maximum absolute atomic E-state index is 12.3. The largest absolute Gasteiger partial charge is 0.463 e. The second-order valence-electron chi connectivity index (χ2n) is 7.06. The summed E-state index contributed by atoms with van der Waals surface area (Å²) in [4.78, 5) is 38.3. The zero-order chi connectivity index (χ0) is 21.3. The summed E-state index contributed by atoms with van der Waals surface area (Å²) in [7, 11) is 0. The minimum atomic E-state index is -0.832. The second kappa shape index (κ2) is 10.8. The van der Waals surface area contributed by atoms with Crippen molar-refractivity contribution in [1.82, 2.24) is 15.5 Å². The number of hydrogen-bond acceptors (Lipinski definition) is 6. The number of carbonyl (C=O) groups excluding carboxylic acids is 3. The normalized spacial score (nSPS) is 21.3. The van der Waals surface area contributed by atoms with E-state index in [4.69, 9.17) is 21.7 Å². The number of piperazine rings is 1. The highest BCUT2D eigenvalue weighted by Gasteiger charge is 2.34. The van der Waals surface area contributed by atoms with Crippen molar-refractivity contribution in [2.24, 2.45) is 0 Å². The third-order valence-electron chi connectivity index (χ3n) is 4.86. The molecule has 0 radical (unpaired) electrons. The van der Waals surface area contributed by atoms with Crippen LogP contribution in [0, 0.1) is 0 Å². The van der Waals surface area contributed by atoms with Crippen molar-refractivity contribution in [3.05, 3.63) is 42.0 Å². The zero-order valence-electron chi connectivity index (χ0n) is 16.5. The van der Waals surface area contributed by atoms with Crippen LogP contribution in [0.4, 0.5) is 0 Å². The Morgan fingerprint density at radius 1 is 1.33 bits per heavy atom. The molecule has 160 valence electrons. The van der Waals surface area contributed by atoms with Gasteiger partial charge in [0.25, 0.3) is 0 Å². The first-order chi connectivity index (χ1) is 14.5. The lowest BCUT2D eigenvalue weighted by Gasteiger charge is -2.36. The molecule has 2 fully saturated rings. The number of rotatable bonds is 6. The topological polar surface area (TPSA) is 97.0 Å². The van der Waals surface area contributed by atoms with E-state index in [0.717, 1.165) is 18.4 Å². The van der Waals surface area contributed by atoms with Crippen LogP contribution in [0.5, 0.6) is 0 Å². The SMILES string of the molecule is O=C(/C=C/c1ccccc1)NC(=S)N1CCNC(=O)C1CC(=O)OCC1CCCO1. The highest BCUT2D eigenvalue weighted by atomic mass is 32.1. The maximum Gasteiger partial charge on any atom is 0.308 e. The summed E-state index contributed by atoms with van der Waals surface area (Å²) in [5.74, 6) is -1.24. The van der Waals surface area contributed by atoms with Crippen LogP contribution in [0.3, 0.4) is 0 Å². The van der Waals surface area contributed by atoms with Crippen LogP contribution < -0.4 is 10.6 Å². The number of hydrogen-bond donors (Lipinski definition) is 2. The zero-order valence-corrected chi connectivity index (χ0v) is 17.4. The molecular formula is C21H25N3O5S. The van der Waals surface area contributed by atoms with Crippen LogP contribution in [0.2, 0.25) is 0 Å². The standard InChI is InChI=1S/C21H25N3O5S/c25-18(9-8-15-5-2-1-3-6-15)23-21(30)24-11-10-22-20(27)17(24)13-19(26)29-14-16-7-4-12-28-16/h1-3,5-6,8-9,16-17H,4,7,10-14H2,(H,22,27)(H,23,25,30)/b9-8+. The Bertz CT molecular complexity index is 808. The molecule has 1 aromatic carbocycles. The molecule has 0 aliphatic carbocycles. The number of ether oxygens (including phenoxy) is 2. The van der Waals surface area contributed by atoms with Crippen molar-refractivity contribution in [3.63, 3.8) is 0 Å². The van der Waals surface area contributed by atoms with E-state index in [0.29, 0.717) is 19.7 Å². The van der Waals surface area contributed by atoms with Crippen molar-refractivity contribution < 1.29 is 23.9 Å². The van der Waals surface area contributed by atoms with E-state index >= 15 is 0 Å². The molecule has 9 heteroatoms. The lowest BCUT2D eigenvalue weighted by Crippen LogP contribution is -2.60. The Labute approximate surface area is 180 Å². The molecule has 0 saturated carbocycles. The van der Waals surface area contributed by atoms with E-state index in [1.165, 1.54) is 6.08 Å². The molecule has 2 atom stereocenters. The van der Waals surface area contributed by atoms with E-state index < -0.39 is 17.9 Å². The van der Waals surface area contributed by atoms with Crippen LogP contribution in [-0.4, -0.2) is 66.2 Å².